The summed E-state index contributed by atoms with van der Waals surface area (Å²) in [5, 5.41) is 3.99. The molecule has 0 N–H and O–H groups in total. The highest BCUT2D eigenvalue weighted by Gasteiger charge is 2.22. The van der Waals surface area contributed by atoms with E-state index in [0.29, 0.717) is 5.56 Å². The molecular weight excluding hydrogens is 281 g/mol. The van der Waals surface area contributed by atoms with Gasteiger partial charge in [-0.05, 0) is 24.6 Å². The number of sulfonamides is 1. The first-order chi connectivity index (χ1) is 9.30. The van der Waals surface area contributed by atoms with Crippen molar-refractivity contribution < 1.29 is 12.8 Å². The second kappa shape index (κ2) is 5.34. The number of benzene rings is 1. The Labute approximate surface area is 117 Å². The van der Waals surface area contributed by atoms with Crippen molar-refractivity contribution in [2.24, 2.45) is 7.05 Å². The van der Waals surface area contributed by atoms with E-state index in [1.165, 1.54) is 23.5 Å². The Balaban J connectivity index is 2.27. The predicted molar refractivity (Wildman–Crippen MR) is 73.0 cm³/mol. The van der Waals surface area contributed by atoms with Gasteiger partial charge in [0.2, 0.25) is 10.0 Å². The number of hydrogen-bond donors (Lipinski definition) is 0. The Morgan fingerprint density at radius 3 is 2.65 bits per heavy atom. The Bertz CT molecular complexity index is 725. The van der Waals surface area contributed by atoms with Crippen molar-refractivity contribution in [3.8, 4) is 0 Å². The fourth-order valence-corrected chi connectivity index (χ4v) is 2.98. The molecule has 0 fully saturated rings. The lowest BCUT2D eigenvalue weighted by Crippen LogP contribution is -2.26. The molecule has 0 aliphatic rings. The van der Waals surface area contributed by atoms with Gasteiger partial charge in [-0.3, -0.25) is 4.68 Å². The van der Waals surface area contributed by atoms with Gasteiger partial charge in [0, 0.05) is 32.4 Å². The molecule has 1 aromatic heterocycles. The Morgan fingerprint density at radius 2 is 2.10 bits per heavy atom. The lowest BCUT2D eigenvalue weighted by atomic mass is 10.2. The molecule has 1 aromatic carbocycles. The molecule has 0 bridgehead atoms. The molecule has 0 spiro atoms. The number of rotatable bonds is 4. The van der Waals surface area contributed by atoms with E-state index in [2.05, 4.69) is 5.10 Å². The number of nitrogens with zero attached hydrogens (tertiary/aromatic N) is 3. The summed E-state index contributed by atoms with van der Waals surface area (Å²) in [6.45, 7) is 1.77. The van der Waals surface area contributed by atoms with Gasteiger partial charge >= 0.3 is 0 Å². The van der Waals surface area contributed by atoms with Crippen LogP contribution in [0.15, 0.2) is 35.5 Å². The maximum Gasteiger partial charge on any atom is 0.243 e. The summed E-state index contributed by atoms with van der Waals surface area (Å²) in [5.41, 5.74) is 1.19. The normalized spacial score (nSPS) is 12.1. The van der Waals surface area contributed by atoms with Crippen molar-refractivity contribution >= 4 is 10.0 Å². The quantitative estimate of drug-likeness (QED) is 0.863. The zero-order chi connectivity index (χ0) is 14.9. The first-order valence-electron chi connectivity index (χ1n) is 6.01. The highest BCUT2D eigenvalue weighted by atomic mass is 32.2. The minimum absolute atomic E-state index is 0.0491. The van der Waals surface area contributed by atoms with Gasteiger partial charge in [-0.1, -0.05) is 6.07 Å². The topological polar surface area (TPSA) is 55.2 Å². The van der Waals surface area contributed by atoms with Crippen LogP contribution in [0.5, 0.6) is 0 Å². The van der Waals surface area contributed by atoms with E-state index in [-0.39, 0.29) is 11.4 Å². The van der Waals surface area contributed by atoms with E-state index in [0.717, 1.165) is 11.6 Å². The largest absolute Gasteiger partial charge is 0.275 e. The number of hydrogen-bond acceptors (Lipinski definition) is 3. The predicted octanol–water partition coefficient (Wildman–Crippen LogP) is 1.69. The fourth-order valence-electron chi connectivity index (χ4n) is 1.81. The molecule has 108 valence electrons. The maximum absolute atomic E-state index is 13.5. The number of aromatic nitrogens is 2. The van der Waals surface area contributed by atoms with E-state index in [1.807, 2.05) is 0 Å². The second-order valence-corrected chi connectivity index (χ2v) is 6.74. The maximum atomic E-state index is 13.5. The van der Waals surface area contributed by atoms with Gasteiger partial charge in [0.15, 0.2) is 0 Å². The molecule has 7 heteroatoms. The average molecular weight is 297 g/mol. The van der Waals surface area contributed by atoms with E-state index in [4.69, 9.17) is 0 Å². The third kappa shape index (κ3) is 2.88. The van der Waals surface area contributed by atoms with Gasteiger partial charge in [0.1, 0.15) is 5.82 Å². The highest BCUT2D eigenvalue weighted by molar-refractivity contribution is 7.89. The molecular formula is C13H16FN3O2S. The summed E-state index contributed by atoms with van der Waals surface area (Å²) in [6.07, 6.45) is 3.34. The molecule has 0 saturated heterocycles. The Kier molecular flexibility index (Phi) is 3.92. The standard InChI is InChI=1S/C13H16FN3O2S/c1-10-4-5-12(6-13(10)14)20(18,19)17(3)9-11-7-15-16(2)8-11/h4-8H,9H2,1-3H3. The molecule has 0 atom stereocenters. The third-order valence-electron chi connectivity index (χ3n) is 3.02. The van der Waals surface area contributed by atoms with Crippen LogP contribution in [0, 0.1) is 12.7 Å². The van der Waals surface area contributed by atoms with Crippen molar-refractivity contribution in [1.82, 2.24) is 14.1 Å². The SMILES string of the molecule is Cc1ccc(S(=O)(=O)N(C)Cc2cnn(C)c2)cc1F. The lowest BCUT2D eigenvalue weighted by Gasteiger charge is -2.16. The Hall–Kier alpha value is -1.73. The van der Waals surface area contributed by atoms with Crippen LogP contribution in [0.2, 0.25) is 0 Å². The molecule has 0 aliphatic carbocycles. The molecule has 5 nitrogen and oxygen atoms in total. The van der Waals surface area contributed by atoms with E-state index >= 15 is 0 Å². The van der Waals surface area contributed by atoms with Crippen LogP contribution >= 0.6 is 0 Å². The van der Waals surface area contributed by atoms with Crippen LogP contribution in [0.3, 0.4) is 0 Å². The average Bonchev–Trinajstić information content (AvgIpc) is 2.78. The summed E-state index contributed by atoms with van der Waals surface area (Å²) >= 11 is 0. The molecule has 2 aromatic rings. The van der Waals surface area contributed by atoms with E-state index < -0.39 is 15.8 Å². The minimum atomic E-state index is -3.71. The zero-order valence-corrected chi connectivity index (χ0v) is 12.4. The summed E-state index contributed by atoms with van der Waals surface area (Å²) < 4.78 is 41.0. The molecule has 1 heterocycles. The number of halogens is 1. The van der Waals surface area contributed by atoms with E-state index in [1.54, 1.807) is 31.0 Å². The van der Waals surface area contributed by atoms with Crippen LogP contribution in [0.1, 0.15) is 11.1 Å². The van der Waals surface area contributed by atoms with Gasteiger partial charge < -0.3 is 0 Å². The molecule has 0 amide bonds. The molecule has 0 radical (unpaired) electrons. The van der Waals surface area contributed by atoms with Crippen molar-refractivity contribution in [2.75, 3.05) is 7.05 Å². The van der Waals surface area contributed by atoms with Crippen molar-refractivity contribution in [3.63, 3.8) is 0 Å². The lowest BCUT2D eigenvalue weighted by molar-refractivity contribution is 0.465. The van der Waals surface area contributed by atoms with E-state index in [9.17, 15) is 12.8 Å². The minimum Gasteiger partial charge on any atom is -0.275 e. The van der Waals surface area contributed by atoms with Gasteiger partial charge in [-0.15, -0.1) is 0 Å². The van der Waals surface area contributed by atoms with Crippen LogP contribution in [-0.2, 0) is 23.6 Å². The van der Waals surface area contributed by atoms with Crippen LogP contribution in [0.4, 0.5) is 4.39 Å². The van der Waals surface area contributed by atoms with Gasteiger partial charge in [0.05, 0.1) is 11.1 Å². The summed E-state index contributed by atoms with van der Waals surface area (Å²) in [4.78, 5) is -0.0491. The molecule has 20 heavy (non-hydrogen) atoms. The summed E-state index contributed by atoms with van der Waals surface area (Å²) in [5.74, 6) is -0.527. The molecule has 0 unspecified atom stereocenters. The molecule has 0 aliphatic heterocycles. The highest BCUT2D eigenvalue weighted by Crippen LogP contribution is 2.19. The first-order valence-corrected chi connectivity index (χ1v) is 7.45. The smallest absolute Gasteiger partial charge is 0.243 e. The van der Waals surface area contributed by atoms with Crippen LogP contribution < -0.4 is 0 Å². The van der Waals surface area contributed by atoms with Crippen molar-refractivity contribution in [2.45, 2.75) is 18.4 Å². The number of aryl methyl sites for hydroxylation is 2. The second-order valence-electron chi connectivity index (χ2n) is 4.69. The first kappa shape index (κ1) is 14.7. The Morgan fingerprint density at radius 1 is 1.40 bits per heavy atom. The van der Waals surface area contributed by atoms with Gasteiger partial charge in [-0.2, -0.15) is 9.40 Å². The van der Waals surface area contributed by atoms with Gasteiger partial charge in [-0.25, -0.2) is 12.8 Å². The monoisotopic (exact) mass is 297 g/mol. The fraction of sp³-hybridized carbons (Fsp3) is 0.308. The molecule has 0 saturated carbocycles. The van der Waals surface area contributed by atoms with Crippen LogP contribution in [-0.4, -0.2) is 29.6 Å². The zero-order valence-electron chi connectivity index (χ0n) is 11.5. The summed E-state index contributed by atoms with van der Waals surface area (Å²) in [7, 11) is -0.495. The third-order valence-corrected chi connectivity index (χ3v) is 4.81. The van der Waals surface area contributed by atoms with Gasteiger partial charge in [0.25, 0.3) is 0 Å². The molecule has 2 rings (SSSR count). The van der Waals surface area contributed by atoms with Crippen molar-refractivity contribution in [1.29, 1.82) is 0 Å². The summed E-state index contributed by atoms with van der Waals surface area (Å²) in [6, 6.07) is 3.91. The van der Waals surface area contributed by atoms with Crippen molar-refractivity contribution in [3.05, 3.63) is 47.5 Å². The van der Waals surface area contributed by atoms with Crippen LogP contribution in [0.25, 0.3) is 0 Å².